The summed E-state index contributed by atoms with van der Waals surface area (Å²) in [4.78, 5) is 8.38. The van der Waals surface area contributed by atoms with Crippen molar-refractivity contribution in [2.45, 2.75) is 0 Å². The van der Waals surface area contributed by atoms with E-state index in [2.05, 4.69) is 9.97 Å². The Balaban J connectivity index is 2.32. The van der Waals surface area contributed by atoms with Crippen LogP contribution in [0, 0.1) is 17.1 Å². The zero-order valence-corrected chi connectivity index (χ0v) is 11.2. The summed E-state index contributed by atoms with van der Waals surface area (Å²) in [7, 11) is 1.84. The van der Waals surface area contributed by atoms with E-state index >= 15 is 0 Å². The molecule has 0 aliphatic rings. The molecule has 2 heterocycles. The molecule has 0 radical (unpaired) electrons. The SMILES string of the molecule is Cn1cnc2c(-c3ccc(C#N)c(F)c3)c(Cl)ncc21. The molecule has 0 amide bonds. The topological polar surface area (TPSA) is 54.5 Å². The van der Waals surface area contributed by atoms with E-state index in [1.165, 1.54) is 12.1 Å². The Hall–Kier alpha value is -2.45. The van der Waals surface area contributed by atoms with E-state index in [9.17, 15) is 4.39 Å². The van der Waals surface area contributed by atoms with Gasteiger partial charge in [-0.15, -0.1) is 0 Å². The Morgan fingerprint density at radius 1 is 1.35 bits per heavy atom. The number of halogens is 2. The van der Waals surface area contributed by atoms with Crippen LogP contribution in [-0.2, 0) is 7.05 Å². The first-order chi connectivity index (χ1) is 9.61. The molecule has 0 saturated carbocycles. The van der Waals surface area contributed by atoms with Crippen LogP contribution in [0.25, 0.3) is 22.2 Å². The fourth-order valence-electron chi connectivity index (χ4n) is 2.08. The van der Waals surface area contributed by atoms with Crippen molar-refractivity contribution in [3.63, 3.8) is 0 Å². The Kier molecular flexibility index (Phi) is 2.88. The second-order valence-electron chi connectivity index (χ2n) is 4.32. The quantitative estimate of drug-likeness (QED) is 0.645. The Bertz CT molecular complexity index is 863. The highest BCUT2D eigenvalue weighted by Crippen LogP contribution is 2.33. The van der Waals surface area contributed by atoms with Crippen molar-refractivity contribution in [2.24, 2.45) is 7.05 Å². The maximum atomic E-state index is 13.8. The van der Waals surface area contributed by atoms with E-state index in [1.807, 2.05) is 11.6 Å². The number of nitriles is 1. The number of rotatable bonds is 1. The van der Waals surface area contributed by atoms with Crippen LogP contribution in [0.1, 0.15) is 5.56 Å². The van der Waals surface area contributed by atoms with Crippen molar-refractivity contribution in [1.82, 2.24) is 14.5 Å². The van der Waals surface area contributed by atoms with Crippen LogP contribution < -0.4 is 0 Å². The molecule has 0 unspecified atom stereocenters. The molecular weight excluding hydrogens is 279 g/mol. The number of hydrogen-bond acceptors (Lipinski definition) is 3. The molecular formula is C14H8ClFN4. The number of aryl methyl sites for hydroxylation is 1. The summed E-state index contributed by atoms with van der Waals surface area (Å²) in [6.45, 7) is 0. The molecule has 6 heteroatoms. The van der Waals surface area contributed by atoms with Crippen molar-refractivity contribution in [2.75, 3.05) is 0 Å². The van der Waals surface area contributed by atoms with Gasteiger partial charge in [-0.1, -0.05) is 17.7 Å². The van der Waals surface area contributed by atoms with Crippen LogP contribution in [0.4, 0.5) is 4.39 Å². The molecule has 1 aromatic carbocycles. The third-order valence-corrected chi connectivity index (χ3v) is 3.39. The normalized spacial score (nSPS) is 10.7. The molecule has 0 saturated heterocycles. The van der Waals surface area contributed by atoms with Gasteiger partial charge in [0.25, 0.3) is 0 Å². The monoisotopic (exact) mass is 286 g/mol. The minimum atomic E-state index is -0.589. The van der Waals surface area contributed by atoms with E-state index in [4.69, 9.17) is 16.9 Å². The molecule has 3 rings (SSSR count). The van der Waals surface area contributed by atoms with Crippen molar-refractivity contribution in [3.05, 3.63) is 47.3 Å². The minimum absolute atomic E-state index is 0.00831. The van der Waals surface area contributed by atoms with Crippen LogP contribution in [-0.4, -0.2) is 14.5 Å². The van der Waals surface area contributed by atoms with Crippen LogP contribution in [0.15, 0.2) is 30.7 Å². The maximum absolute atomic E-state index is 13.8. The first kappa shape index (κ1) is 12.6. The van der Waals surface area contributed by atoms with E-state index in [0.717, 1.165) is 5.52 Å². The van der Waals surface area contributed by atoms with Gasteiger partial charge in [0.1, 0.15) is 22.6 Å². The van der Waals surface area contributed by atoms with Crippen LogP contribution in [0.2, 0.25) is 5.15 Å². The van der Waals surface area contributed by atoms with Gasteiger partial charge in [-0.25, -0.2) is 14.4 Å². The second kappa shape index (κ2) is 4.58. The highest BCUT2D eigenvalue weighted by Gasteiger charge is 2.15. The van der Waals surface area contributed by atoms with Crippen LogP contribution in [0.5, 0.6) is 0 Å². The number of fused-ring (bicyclic) bond motifs is 1. The summed E-state index contributed by atoms with van der Waals surface area (Å²) in [5.41, 5.74) is 2.55. The lowest BCUT2D eigenvalue weighted by molar-refractivity contribution is 0.624. The van der Waals surface area contributed by atoms with Crippen molar-refractivity contribution >= 4 is 22.6 Å². The predicted octanol–water partition coefficient (Wildman–Crippen LogP) is 3.30. The number of benzene rings is 1. The second-order valence-corrected chi connectivity index (χ2v) is 4.68. The van der Waals surface area contributed by atoms with Gasteiger partial charge < -0.3 is 4.57 Å². The highest BCUT2D eigenvalue weighted by molar-refractivity contribution is 6.33. The average Bonchev–Trinajstić information content (AvgIpc) is 2.80. The predicted molar refractivity (Wildman–Crippen MR) is 73.6 cm³/mol. The summed E-state index contributed by atoms with van der Waals surface area (Å²) < 4.78 is 15.6. The third kappa shape index (κ3) is 1.82. The number of hydrogen-bond donors (Lipinski definition) is 0. The lowest BCUT2D eigenvalue weighted by atomic mass is 10.0. The summed E-state index contributed by atoms with van der Waals surface area (Å²) in [6.07, 6.45) is 3.26. The Labute approximate surface area is 119 Å². The average molecular weight is 287 g/mol. The Morgan fingerprint density at radius 2 is 2.15 bits per heavy atom. The molecule has 0 fully saturated rings. The molecule has 0 aliphatic heterocycles. The van der Waals surface area contributed by atoms with E-state index in [1.54, 1.807) is 24.7 Å². The molecule has 0 aliphatic carbocycles. The molecule has 98 valence electrons. The zero-order valence-electron chi connectivity index (χ0n) is 10.4. The largest absolute Gasteiger partial charge is 0.332 e. The first-order valence-corrected chi connectivity index (χ1v) is 6.15. The van der Waals surface area contributed by atoms with Gasteiger partial charge in [-0.05, 0) is 17.7 Å². The van der Waals surface area contributed by atoms with Crippen LogP contribution >= 0.6 is 11.6 Å². The van der Waals surface area contributed by atoms with Gasteiger partial charge in [0.15, 0.2) is 0 Å². The van der Waals surface area contributed by atoms with Crippen molar-refractivity contribution < 1.29 is 4.39 Å². The number of nitrogens with zero attached hydrogens (tertiary/aromatic N) is 4. The molecule has 0 N–H and O–H groups in total. The fourth-order valence-corrected chi connectivity index (χ4v) is 2.33. The molecule has 0 atom stereocenters. The van der Waals surface area contributed by atoms with Gasteiger partial charge >= 0.3 is 0 Å². The van der Waals surface area contributed by atoms with Gasteiger partial charge in [0.2, 0.25) is 0 Å². The fraction of sp³-hybridized carbons (Fsp3) is 0.0714. The molecule has 0 spiro atoms. The lowest BCUT2D eigenvalue weighted by Crippen LogP contribution is -1.91. The van der Waals surface area contributed by atoms with Gasteiger partial charge in [-0.3, -0.25) is 0 Å². The zero-order chi connectivity index (χ0) is 14.3. The van der Waals surface area contributed by atoms with Crippen LogP contribution in [0.3, 0.4) is 0 Å². The van der Waals surface area contributed by atoms with E-state index in [-0.39, 0.29) is 10.7 Å². The number of pyridine rings is 1. The lowest BCUT2D eigenvalue weighted by Gasteiger charge is -2.06. The maximum Gasteiger partial charge on any atom is 0.141 e. The molecule has 20 heavy (non-hydrogen) atoms. The number of aromatic nitrogens is 3. The summed E-state index contributed by atoms with van der Waals surface area (Å²) in [6, 6.07) is 6.12. The summed E-state index contributed by atoms with van der Waals surface area (Å²) in [5.74, 6) is -0.589. The van der Waals surface area contributed by atoms with E-state index in [0.29, 0.717) is 16.6 Å². The minimum Gasteiger partial charge on any atom is -0.332 e. The standard InChI is InChI=1S/C14H8ClFN4/c1-20-7-19-13-11(20)6-18-14(15)12(13)8-2-3-9(5-17)10(16)4-8/h2-4,6-7H,1H3. The van der Waals surface area contributed by atoms with Gasteiger partial charge in [0.05, 0.1) is 23.6 Å². The molecule has 0 bridgehead atoms. The van der Waals surface area contributed by atoms with Gasteiger partial charge in [-0.2, -0.15) is 5.26 Å². The smallest absolute Gasteiger partial charge is 0.141 e. The molecule has 3 aromatic rings. The van der Waals surface area contributed by atoms with Crippen molar-refractivity contribution in [3.8, 4) is 17.2 Å². The van der Waals surface area contributed by atoms with E-state index < -0.39 is 5.82 Å². The number of imidazole rings is 1. The third-order valence-electron chi connectivity index (χ3n) is 3.10. The first-order valence-electron chi connectivity index (χ1n) is 5.77. The van der Waals surface area contributed by atoms with Crippen molar-refractivity contribution in [1.29, 1.82) is 5.26 Å². The van der Waals surface area contributed by atoms with Gasteiger partial charge in [0, 0.05) is 12.6 Å². The highest BCUT2D eigenvalue weighted by atomic mass is 35.5. The molecule has 2 aromatic heterocycles. The molecule has 4 nitrogen and oxygen atoms in total. The Morgan fingerprint density at radius 3 is 2.85 bits per heavy atom. The summed E-state index contributed by atoms with van der Waals surface area (Å²) in [5, 5.41) is 9.02. The summed E-state index contributed by atoms with van der Waals surface area (Å²) >= 11 is 6.13.